The standard InChI is InChI=1S/C19H26O3/c1-18(2)8-7-9-19(3)15(18)10-12-13(20-4)11-14(21-5)17(22-6)16(12)19/h10-11H,7-9H2,1-6H3. The molecule has 0 aromatic heterocycles. The van der Waals surface area contributed by atoms with Gasteiger partial charge in [0.2, 0.25) is 0 Å². The third-order valence-corrected chi connectivity index (χ3v) is 5.53. The van der Waals surface area contributed by atoms with Crippen molar-refractivity contribution >= 4 is 6.08 Å². The molecule has 1 saturated carbocycles. The Balaban J connectivity index is 2.32. The molecule has 1 aromatic rings. The maximum Gasteiger partial charge on any atom is 0.165 e. The van der Waals surface area contributed by atoms with Crippen molar-refractivity contribution in [1.29, 1.82) is 0 Å². The predicted molar refractivity (Wildman–Crippen MR) is 89.1 cm³/mol. The number of hydrogen-bond acceptors (Lipinski definition) is 3. The van der Waals surface area contributed by atoms with Gasteiger partial charge in [0.1, 0.15) is 5.75 Å². The number of allylic oxidation sites excluding steroid dienone is 1. The van der Waals surface area contributed by atoms with Gasteiger partial charge < -0.3 is 14.2 Å². The average molecular weight is 302 g/mol. The SMILES string of the molecule is COc1cc(OC)c(OC)c2c1C=C1C(C)(C)CCCC12C. The highest BCUT2D eigenvalue weighted by Crippen LogP contribution is 2.61. The van der Waals surface area contributed by atoms with E-state index >= 15 is 0 Å². The van der Waals surface area contributed by atoms with Gasteiger partial charge in [0.25, 0.3) is 0 Å². The summed E-state index contributed by atoms with van der Waals surface area (Å²) in [5.41, 5.74) is 4.09. The van der Waals surface area contributed by atoms with Crippen LogP contribution in [0, 0.1) is 5.41 Å². The van der Waals surface area contributed by atoms with Crippen molar-refractivity contribution < 1.29 is 14.2 Å². The Kier molecular flexibility index (Phi) is 3.42. The van der Waals surface area contributed by atoms with Gasteiger partial charge in [0, 0.05) is 22.6 Å². The van der Waals surface area contributed by atoms with Gasteiger partial charge in [-0.2, -0.15) is 0 Å². The molecular formula is C19H26O3. The van der Waals surface area contributed by atoms with E-state index in [2.05, 4.69) is 26.8 Å². The number of methoxy groups -OCH3 is 3. The Labute approximate surface area is 133 Å². The van der Waals surface area contributed by atoms with Crippen molar-refractivity contribution in [2.24, 2.45) is 5.41 Å². The Morgan fingerprint density at radius 1 is 0.909 bits per heavy atom. The summed E-state index contributed by atoms with van der Waals surface area (Å²) in [5.74, 6) is 2.47. The highest BCUT2D eigenvalue weighted by Gasteiger charge is 2.49. The van der Waals surface area contributed by atoms with E-state index in [1.54, 1.807) is 21.3 Å². The third-order valence-electron chi connectivity index (χ3n) is 5.53. The fraction of sp³-hybridized carbons (Fsp3) is 0.579. The topological polar surface area (TPSA) is 27.7 Å². The Morgan fingerprint density at radius 3 is 2.18 bits per heavy atom. The number of fused-ring (bicyclic) bond motifs is 3. The first-order chi connectivity index (χ1) is 10.4. The monoisotopic (exact) mass is 302 g/mol. The minimum Gasteiger partial charge on any atom is -0.496 e. The molecule has 0 aliphatic heterocycles. The van der Waals surface area contributed by atoms with Crippen LogP contribution in [0.15, 0.2) is 11.6 Å². The normalized spacial score (nSPS) is 25.1. The number of hydrogen-bond donors (Lipinski definition) is 0. The van der Waals surface area contributed by atoms with E-state index < -0.39 is 0 Å². The van der Waals surface area contributed by atoms with Gasteiger partial charge in [-0.1, -0.05) is 38.8 Å². The summed E-state index contributed by atoms with van der Waals surface area (Å²) in [6, 6.07) is 1.93. The Morgan fingerprint density at radius 2 is 1.59 bits per heavy atom. The van der Waals surface area contributed by atoms with Crippen LogP contribution >= 0.6 is 0 Å². The minimum atomic E-state index is 0.00421. The molecule has 3 rings (SSSR count). The largest absolute Gasteiger partial charge is 0.496 e. The first kappa shape index (κ1) is 15.3. The van der Waals surface area contributed by atoms with Crippen molar-refractivity contribution in [2.75, 3.05) is 21.3 Å². The second-order valence-electron chi connectivity index (χ2n) is 7.23. The van der Waals surface area contributed by atoms with Crippen LogP contribution in [0.25, 0.3) is 6.08 Å². The molecule has 2 aliphatic rings. The zero-order chi connectivity index (χ0) is 16.1. The lowest BCUT2D eigenvalue weighted by atomic mass is 9.60. The molecule has 1 fully saturated rings. The van der Waals surface area contributed by atoms with E-state index in [9.17, 15) is 0 Å². The molecule has 1 atom stereocenters. The lowest BCUT2D eigenvalue weighted by Crippen LogP contribution is -2.35. The molecule has 120 valence electrons. The second kappa shape index (κ2) is 4.94. The van der Waals surface area contributed by atoms with Gasteiger partial charge in [0.05, 0.1) is 21.3 Å². The lowest BCUT2D eigenvalue weighted by Gasteiger charge is -2.44. The van der Waals surface area contributed by atoms with Crippen LogP contribution in [0.2, 0.25) is 0 Å². The summed E-state index contributed by atoms with van der Waals surface area (Å²) < 4.78 is 16.9. The highest BCUT2D eigenvalue weighted by molar-refractivity contribution is 5.80. The Hall–Kier alpha value is -1.64. The summed E-state index contributed by atoms with van der Waals surface area (Å²) in [6.07, 6.45) is 5.92. The molecule has 0 amide bonds. The third kappa shape index (κ3) is 1.87. The molecule has 1 aromatic carbocycles. The fourth-order valence-electron chi connectivity index (χ4n) is 4.50. The summed E-state index contributed by atoms with van der Waals surface area (Å²) >= 11 is 0. The van der Waals surface area contributed by atoms with Crippen LogP contribution in [-0.4, -0.2) is 21.3 Å². The number of benzene rings is 1. The first-order valence-electron chi connectivity index (χ1n) is 7.95. The molecule has 0 bridgehead atoms. The zero-order valence-corrected chi connectivity index (χ0v) is 14.5. The van der Waals surface area contributed by atoms with Gasteiger partial charge >= 0.3 is 0 Å². The molecule has 2 aliphatic carbocycles. The predicted octanol–water partition coefficient (Wildman–Crippen LogP) is 4.58. The minimum absolute atomic E-state index is 0.00421. The van der Waals surface area contributed by atoms with Crippen LogP contribution in [0.5, 0.6) is 17.2 Å². The van der Waals surface area contributed by atoms with E-state index in [1.807, 2.05) is 6.07 Å². The zero-order valence-electron chi connectivity index (χ0n) is 14.5. The van der Waals surface area contributed by atoms with Crippen molar-refractivity contribution in [2.45, 2.75) is 45.4 Å². The molecule has 3 heteroatoms. The van der Waals surface area contributed by atoms with Crippen LogP contribution in [0.4, 0.5) is 0 Å². The molecule has 22 heavy (non-hydrogen) atoms. The molecule has 0 spiro atoms. The van der Waals surface area contributed by atoms with E-state index in [0.717, 1.165) is 29.2 Å². The van der Waals surface area contributed by atoms with Gasteiger partial charge in [0.15, 0.2) is 11.5 Å². The first-order valence-corrected chi connectivity index (χ1v) is 7.95. The van der Waals surface area contributed by atoms with E-state index in [-0.39, 0.29) is 10.8 Å². The fourth-order valence-corrected chi connectivity index (χ4v) is 4.50. The van der Waals surface area contributed by atoms with Gasteiger partial charge in [-0.25, -0.2) is 0 Å². The maximum absolute atomic E-state index is 5.75. The summed E-state index contributed by atoms with van der Waals surface area (Å²) in [4.78, 5) is 0. The van der Waals surface area contributed by atoms with Crippen LogP contribution in [-0.2, 0) is 5.41 Å². The van der Waals surface area contributed by atoms with Crippen LogP contribution in [0.1, 0.15) is 51.2 Å². The quantitative estimate of drug-likeness (QED) is 0.818. The average Bonchev–Trinajstić information content (AvgIpc) is 2.80. The van der Waals surface area contributed by atoms with Crippen molar-refractivity contribution in [3.63, 3.8) is 0 Å². The van der Waals surface area contributed by atoms with Crippen LogP contribution < -0.4 is 14.2 Å². The van der Waals surface area contributed by atoms with E-state index in [1.165, 1.54) is 24.0 Å². The lowest BCUT2D eigenvalue weighted by molar-refractivity contribution is 0.258. The molecular weight excluding hydrogens is 276 g/mol. The summed E-state index contributed by atoms with van der Waals surface area (Å²) in [5, 5.41) is 0. The smallest absolute Gasteiger partial charge is 0.165 e. The van der Waals surface area contributed by atoms with Crippen molar-refractivity contribution in [1.82, 2.24) is 0 Å². The van der Waals surface area contributed by atoms with Crippen LogP contribution in [0.3, 0.4) is 0 Å². The molecule has 0 saturated heterocycles. The van der Waals surface area contributed by atoms with E-state index in [4.69, 9.17) is 14.2 Å². The van der Waals surface area contributed by atoms with Crippen molar-refractivity contribution in [3.05, 3.63) is 22.8 Å². The van der Waals surface area contributed by atoms with Gasteiger partial charge in [-0.05, 0) is 18.3 Å². The molecule has 1 unspecified atom stereocenters. The van der Waals surface area contributed by atoms with Crippen molar-refractivity contribution in [3.8, 4) is 17.2 Å². The van der Waals surface area contributed by atoms with E-state index in [0.29, 0.717) is 0 Å². The maximum atomic E-state index is 5.75. The second-order valence-corrected chi connectivity index (χ2v) is 7.23. The molecule has 3 nitrogen and oxygen atoms in total. The summed E-state index contributed by atoms with van der Waals surface area (Å²) in [6.45, 7) is 7.03. The highest BCUT2D eigenvalue weighted by atomic mass is 16.5. The Bertz CT molecular complexity index is 643. The van der Waals surface area contributed by atoms with Gasteiger partial charge in [-0.3, -0.25) is 0 Å². The molecule has 0 N–H and O–H groups in total. The number of ether oxygens (including phenoxy) is 3. The summed E-state index contributed by atoms with van der Waals surface area (Å²) in [7, 11) is 5.12. The number of rotatable bonds is 3. The van der Waals surface area contributed by atoms with Gasteiger partial charge in [-0.15, -0.1) is 0 Å². The molecule has 0 radical (unpaired) electrons. The molecule has 0 heterocycles.